The molecule has 8 heteroatoms. The van der Waals surface area contributed by atoms with E-state index in [1.165, 1.54) is 18.2 Å². The first kappa shape index (κ1) is 18.6. The molecule has 1 saturated heterocycles. The molecular weight excluding hydrogens is 366 g/mol. The van der Waals surface area contributed by atoms with E-state index in [-0.39, 0.29) is 23.4 Å². The first-order valence-corrected chi connectivity index (χ1v) is 9.49. The molecule has 28 heavy (non-hydrogen) atoms. The number of amides is 1. The third kappa shape index (κ3) is 3.63. The smallest absolute Gasteiger partial charge is 0.264 e. The van der Waals surface area contributed by atoms with Crippen LogP contribution in [-0.2, 0) is 17.6 Å². The van der Waals surface area contributed by atoms with Crippen LogP contribution in [0.1, 0.15) is 24.6 Å². The van der Waals surface area contributed by atoms with Crippen molar-refractivity contribution in [2.24, 2.45) is 5.92 Å². The topological polar surface area (TPSA) is 69.3 Å². The Hall–Kier alpha value is -2.77. The van der Waals surface area contributed by atoms with Crippen molar-refractivity contribution in [3.8, 4) is 0 Å². The number of carbonyl (C=O) groups excluding carboxylic acids is 1. The van der Waals surface area contributed by atoms with Gasteiger partial charge in [0.25, 0.3) is 5.56 Å². The van der Waals surface area contributed by atoms with Crippen molar-refractivity contribution in [2.75, 3.05) is 24.5 Å². The van der Waals surface area contributed by atoms with Gasteiger partial charge in [-0.2, -0.15) is 5.10 Å². The zero-order valence-corrected chi connectivity index (χ0v) is 15.6. The molecule has 1 unspecified atom stereocenters. The van der Waals surface area contributed by atoms with E-state index in [1.807, 2.05) is 16.7 Å². The molecule has 6 nitrogen and oxygen atoms in total. The van der Waals surface area contributed by atoms with Gasteiger partial charge in [0.15, 0.2) is 0 Å². The van der Waals surface area contributed by atoms with Crippen LogP contribution >= 0.6 is 0 Å². The van der Waals surface area contributed by atoms with Crippen LogP contribution in [0, 0.1) is 17.6 Å². The van der Waals surface area contributed by atoms with E-state index in [1.54, 1.807) is 0 Å². The second-order valence-electron chi connectivity index (χ2n) is 7.60. The van der Waals surface area contributed by atoms with Gasteiger partial charge in [-0.25, -0.2) is 13.9 Å². The first-order valence-electron chi connectivity index (χ1n) is 9.49. The van der Waals surface area contributed by atoms with Crippen LogP contribution in [0.4, 0.5) is 14.5 Å². The maximum Gasteiger partial charge on any atom is 0.264 e. The van der Waals surface area contributed by atoms with E-state index >= 15 is 0 Å². The number of aromatic nitrogens is 2. The van der Waals surface area contributed by atoms with Crippen LogP contribution in [0.2, 0.25) is 0 Å². The van der Waals surface area contributed by atoms with Crippen molar-refractivity contribution >= 4 is 11.6 Å². The summed E-state index contributed by atoms with van der Waals surface area (Å²) in [5.41, 5.74) is 1.94. The number of carbonyl (C=O) groups is 1. The quantitative estimate of drug-likeness (QED) is 0.853. The number of fused-ring (bicyclic) bond motifs is 1. The molecule has 1 amide bonds. The minimum absolute atomic E-state index is 0.0562. The molecule has 2 atom stereocenters. The van der Waals surface area contributed by atoms with E-state index in [9.17, 15) is 18.4 Å². The van der Waals surface area contributed by atoms with Crippen molar-refractivity contribution in [3.05, 3.63) is 57.5 Å². The summed E-state index contributed by atoms with van der Waals surface area (Å²) in [6.45, 7) is 3.45. The highest BCUT2D eigenvalue weighted by atomic mass is 19.1. The highest BCUT2D eigenvalue weighted by molar-refractivity contribution is 5.80. The number of halogens is 2. The molecule has 1 N–H and O–H groups in total. The predicted octanol–water partition coefficient (Wildman–Crippen LogP) is 1.89. The number of rotatable bonds is 2. The highest BCUT2D eigenvalue weighted by Crippen LogP contribution is 2.27. The molecule has 1 fully saturated rings. The van der Waals surface area contributed by atoms with Gasteiger partial charge in [0.2, 0.25) is 5.91 Å². The third-order valence-corrected chi connectivity index (χ3v) is 5.64. The summed E-state index contributed by atoms with van der Waals surface area (Å²) in [5, 5.41) is 6.51. The molecule has 2 aromatic rings. The zero-order valence-electron chi connectivity index (χ0n) is 15.6. The van der Waals surface area contributed by atoms with E-state index in [0.717, 1.165) is 17.3 Å². The Labute approximate surface area is 161 Å². The summed E-state index contributed by atoms with van der Waals surface area (Å²) in [6.07, 6.45) is 1.89. The van der Waals surface area contributed by atoms with E-state index < -0.39 is 11.6 Å². The summed E-state index contributed by atoms with van der Waals surface area (Å²) in [4.78, 5) is 28.3. The lowest BCUT2D eigenvalue weighted by Crippen LogP contribution is -2.55. The minimum atomic E-state index is -0.606. The maximum atomic E-state index is 13.5. The Morgan fingerprint density at radius 2 is 1.93 bits per heavy atom. The maximum absolute atomic E-state index is 13.5. The average molecular weight is 388 g/mol. The highest BCUT2D eigenvalue weighted by Gasteiger charge is 2.33. The van der Waals surface area contributed by atoms with E-state index in [2.05, 4.69) is 10.2 Å². The van der Waals surface area contributed by atoms with Crippen molar-refractivity contribution in [3.63, 3.8) is 0 Å². The standard InChI is InChI=1S/C20H22F2N4O2/c1-12-11-25(4-5-26(12)17-9-15(21)8-16(22)10-17)20(28)13-2-3-18-14(6-13)7-19(27)24-23-18/h7-10,12-13H,2-6,11H2,1H3,(H,24,27)/t12-,13?/m1/s1. The number of H-pyrrole nitrogens is 1. The number of nitrogens with zero attached hydrogens (tertiary/aromatic N) is 3. The second kappa shape index (κ2) is 7.33. The summed E-state index contributed by atoms with van der Waals surface area (Å²) in [7, 11) is 0. The molecule has 148 valence electrons. The lowest BCUT2D eigenvalue weighted by Gasteiger charge is -2.42. The summed E-state index contributed by atoms with van der Waals surface area (Å²) < 4.78 is 27.1. The predicted molar refractivity (Wildman–Crippen MR) is 100 cm³/mol. The molecule has 2 aliphatic rings. The van der Waals surface area contributed by atoms with Gasteiger partial charge in [0.1, 0.15) is 11.6 Å². The summed E-state index contributed by atoms with van der Waals surface area (Å²) >= 11 is 0. The molecule has 4 rings (SSSR count). The van der Waals surface area contributed by atoms with Gasteiger partial charge < -0.3 is 9.80 Å². The molecule has 1 aromatic carbocycles. The Morgan fingerprint density at radius 3 is 2.64 bits per heavy atom. The minimum Gasteiger partial charge on any atom is -0.365 e. The Bertz CT molecular complexity index is 941. The molecule has 1 aliphatic carbocycles. The Kier molecular flexibility index (Phi) is 4.87. The van der Waals surface area contributed by atoms with Gasteiger partial charge in [0, 0.05) is 49.4 Å². The Morgan fingerprint density at radius 1 is 1.18 bits per heavy atom. The normalized spacial score (nSPS) is 22.1. The zero-order chi connectivity index (χ0) is 19.8. The number of piperazine rings is 1. The van der Waals surface area contributed by atoms with E-state index in [4.69, 9.17) is 0 Å². The fourth-order valence-electron chi connectivity index (χ4n) is 4.26. The molecule has 0 spiro atoms. The molecule has 0 bridgehead atoms. The van der Waals surface area contributed by atoms with Gasteiger partial charge in [-0.1, -0.05) is 0 Å². The van der Waals surface area contributed by atoms with Crippen LogP contribution in [0.15, 0.2) is 29.1 Å². The first-order chi connectivity index (χ1) is 13.4. The third-order valence-electron chi connectivity index (χ3n) is 5.64. The van der Waals surface area contributed by atoms with Gasteiger partial charge in [-0.15, -0.1) is 0 Å². The number of hydrogen-bond acceptors (Lipinski definition) is 4. The fraction of sp³-hybridized carbons (Fsp3) is 0.450. The van der Waals surface area contributed by atoms with Gasteiger partial charge in [-0.05, 0) is 43.9 Å². The van der Waals surface area contributed by atoms with Gasteiger partial charge in [-0.3, -0.25) is 9.59 Å². The fourth-order valence-corrected chi connectivity index (χ4v) is 4.26. The lowest BCUT2D eigenvalue weighted by atomic mass is 9.86. The van der Waals surface area contributed by atoms with Crippen molar-refractivity contribution in [1.29, 1.82) is 0 Å². The average Bonchev–Trinajstić information content (AvgIpc) is 2.66. The molecule has 0 saturated carbocycles. The molecular formula is C20H22F2N4O2. The van der Waals surface area contributed by atoms with Crippen LogP contribution in [0.3, 0.4) is 0 Å². The van der Waals surface area contributed by atoms with Gasteiger partial charge >= 0.3 is 0 Å². The largest absolute Gasteiger partial charge is 0.365 e. The van der Waals surface area contributed by atoms with Crippen LogP contribution in [0.5, 0.6) is 0 Å². The molecule has 2 heterocycles. The lowest BCUT2D eigenvalue weighted by molar-refractivity contribution is -0.136. The molecule has 0 radical (unpaired) electrons. The van der Waals surface area contributed by atoms with Crippen molar-refractivity contribution in [2.45, 2.75) is 32.2 Å². The number of aromatic amines is 1. The van der Waals surface area contributed by atoms with Gasteiger partial charge in [0.05, 0.1) is 5.69 Å². The summed E-state index contributed by atoms with van der Waals surface area (Å²) in [6, 6.07) is 4.97. The number of anilines is 1. The monoisotopic (exact) mass is 388 g/mol. The summed E-state index contributed by atoms with van der Waals surface area (Å²) in [5.74, 6) is -1.31. The number of hydrogen-bond donors (Lipinski definition) is 1. The second-order valence-corrected chi connectivity index (χ2v) is 7.60. The molecule has 1 aromatic heterocycles. The van der Waals surface area contributed by atoms with Crippen LogP contribution in [0.25, 0.3) is 0 Å². The van der Waals surface area contributed by atoms with Crippen molar-refractivity contribution in [1.82, 2.24) is 15.1 Å². The van der Waals surface area contributed by atoms with E-state index in [0.29, 0.717) is 44.6 Å². The molecule has 1 aliphatic heterocycles. The SMILES string of the molecule is C[C@@H]1CN(C(=O)C2CCc3n[nH]c(=O)cc3C2)CCN1c1cc(F)cc(F)c1. The number of benzene rings is 1. The van der Waals surface area contributed by atoms with Crippen LogP contribution < -0.4 is 10.5 Å². The van der Waals surface area contributed by atoms with Crippen LogP contribution in [-0.4, -0.2) is 46.7 Å². The number of aryl methyl sites for hydroxylation is 1. The Balaban J connectivity index is 1.44. The van der Waals surface area contributed by atoms with Crippen molar-refractivity contribution < 1.29 is 13.6 Å². The number of nitrogens with one attached hydrogen (secondary N) is 1.